The molecule has 1 spiro atoms. The van der Waals surface area contributed by atoms with Gasteiger partial charge in [-0.3, -0.25) is 9.59 Å². The molecule has 1 aliphatic heterocycles. The summed E-state index contributed by atoms with van der Waals surface area (Å²) in [7, 11) is 0. The van der Waals surface area contributed by atoms with Crippen molar-refractivity contribution in [2.24, 2.45) is 0 Å². The number of carbonyl (C=O) groups is 2. The van der Waals surface area contributed by atoms with Crippen LogP contribution in [0.3, 0.4) is 0 Å². The summed E-state index contributed by atoms with van der Waals surface area (Å²) in [6.45, 7) is 4.46. The van der Waals surface area contributed by atoms with E-state index >= 15 is 0 Å². The summed E-state index contributed by atoms with van der Waals surface area (Å²) in [6.07, 6.45) is 6.15. The van der Waals surface area contributed by atoms with Gasteiger partial charge in [0.2, 0.25) is 11.8 Å². The first-order valence-electron chi connectivity index (χ1n) is 7.86. The van der Waals surface area contributed by atoms with E-state index in [2.05, 4.69) is 12.2 Å². The average Bonchev–Trinajstić information content (AvgIpc) is 2.56. The molecule has 0 radical (unpaired) electrons. The summed E-state index contributed by atoms with van der Waals surface area (Å²) in [4.78, 5) is 26.5. The fourth-order valence-corrected chi connectivity index (χ4v) is 3.15. The monoisotopic (exact) mass is 282 g/mol. The zero-order valence-electron chi connectivity index (χ0n) is 12.5. The molecule has 20 heavy (non-hydrogen) atoms. The van der Waals surface area contributed by atoms with Crippen LogP contribution in [0.25, 0.3) is 0 Å². The van der Waals surface area contributed by atoms with Crippen molar-refractivity contribution in [1.29, 1.82) is 0 Å². The lowest BCUT2D eigenvalue weighted by Crippen LogP contribution is -2.58. The normalized spacial score (nSPS) is 22.8. The highest BCUT2D eigenvalue weighted by Crippen LogP contribution is 2.31. The van der Waals surface area contributed by atoms with Crippen LogP contribution < -0.4 is 5.32 Å². The molecule has 1 heterocycles. The standard InChI is InChI=1S/C15H26N2O3/c1-2-11-20-12-10-17-9-6-13(18)16-15(14(17)19)7-4-3-5-8-15/h2-12H2,1H3,(H,16,18). The van der Waals surface area contributed by atoms with Crippen LogP contribution in [0.15, 0.2) is 0 Å². The number of ether oxygens (including phenoxy) is 1. The maximum atomic E-state index is 12.8. The fraction of sp³-hybridized carbons (Fsp3) is 0.867. The van der Waals surface area contributed by atoms with Gasteiger partial charge in [0.25, 0.3) is 0 Å². The van der Waals surface area contributed by atoms with Crippen LogP contribution in [-0.2, 0) is 14.3 Å². The van der Waals surface area contributed by atoms with Crippen LogP contribution in [0, 0.1) is 0 Å². The van der Waals surface area contributed by atoms with Gasteiger partial charge in [0, 0.05) is 26.1 Å². The second kappa shape index (κ2) is 7.07. The minimum atomic E-state index is -0.628. The van der Waals surface area contributed by atoms with Crippen molar-refractivity contribution in [3.05, 3.63) is 0 Å². The van der Waals surface area contributed by atoms with E-state index in [1.807, 2.05) is 4.90 Å². The van der Waals surface area contributed by atoms with E-state index in [0.717, 1.165) is 45.1 Å². The Labute approximate surface area is 121 Å². The maximum absolute atomic E-state index is 12.8. The minimum Gasteiger partial charge on any atom is -0.380 e. The maximum Gasteiger partial charge on any atom is 0.248 e. The van der Waals surface area contributed by atoms with Gasteiger partial charge in [-0.05, 0) is 19.3 Å². The van der Waals surface area contributed by atoms with Crippen molar-refractivity contribution in [3.8, 4) is 0 Å². The number of amides is 2. The van der Waals surface area contributed by atoms with Gasteiger partial charge in [-0.1, -0.05) is 26.2 Å². The topological polar surface area (TPSA) is 58.6 Å². The van der Waals surface area contributed by atoms with E-state index in [4.69, 9.17) is 4.74 Å². The van der Waals surface area contributed by atoms with Gasteiger partial charge < -0.3 is 15.0 Å². The summed E-state index contributed by atoms with van der Waals surface area (Å²) < 4.78 is 5.48. The molecule has 114 valence electrons. The van der Waals surface area contributed by atoms with Gasteiger partial charge in [-0.25, -0.2) is 0 Å². The molecule has 2 amide bonds. The molecule has 5 nitrogen and oxygen atoms in total. The Morgan fingerprint density at radius 1 is 1.20 bits per heavy atom. The number of nitrogens with zero attached hydrogens (tertiary/aromatic N) is 1. The van der Waals surface area contributed by atoms with Gasteiger partial charge in [0.15, 0.2) is 0 Å². The largest absolute Gasteiger partial charge is 0.380 e. The molecule has 0 aromatic rings. The Morgan fingerprint density at radius 3 is 2.65 bits per heavy atom. The highest BCUT2D eigenvalue weighted by atomic mass is 16.5. The third-order valence-corrected chi connectivity index (χ3v) is 4.25. The number of hydrogen-bond acceptors (Lipinski definition) is 3. The highest BCUT2D eigenvalue weighted by Gasteiger charge is 2.44. The van der Waals surface area contributed by atoms with Crippen molar-refractivity contribution >= 4 is 11.8 Å². The van der Waals surface area contributed by atoms with Crippen LogP contribution in [0.4, 0.5) is 0 Å². The minimum absolute atomic E-state index is 0.0113. The third-order valence-electron chi connectivity index (χ3n) is 4.25. The van der Waals surface area contributed by atoms with E-state index in [-0.39, 0.29) is 11.8 Å². The number of hydrogen-bond donors (Lipinski definition) is 1. The summed E-state index contributed by atoms with van der Waals surface area (Å²) in [5.41, 5.74) is -0.628. The lowest BCUT2D eigenvalue weighted by molar-refractivity contribution is -0.141. The molecule has 5 heteroatoms. The molecule has 1 N–H and O–H groups in total. The smallest absolute Gasteiger partial charge is 0.248 e. The van der Waals surface area contributed by atoms with Gasteiger partial charge in [-0.15, -0.1) is 0 Å². The van der Waals surface area contributed by atoms with E-state index in [1.165, 1.54) is 0 Å². The lowest BCUT2D eigenvalue weighted by atomic mass is 9.80. The van der Waals surface area contributed by atoms with Crippen LogP contribution in [0.1, 0.15) is 51.9 Å². The van der Waals surface area contributed by atoms with Gasteiger partial charge in [-0.2, -0.15) is 0 Å². The molecule has 2 rings (SSSR count). The van der Waals surface area contributed by atoms with Crippen LogP contribution in [0.2, 0.25) is 0 Å². The zero-order valence-corrected chi connectivity index (χ0v) is 12.5. The average molecular weight is 282 g/mol. The molecular weight excluding hydrogens is 256 g/mol. The lowest BCUT2D eigenvalue weighted by Gasteiger charge is -2.38. The summed E-state index contributed by atoms with van der Waals surface area (Å²) in [5.74, 6) is 0.111. The van der Waals surface area contributed by atoms with Crippen molar-refractivity contribution in [2.75, 3.05) is 26.3 Å². The number of rotatable bonds is 5. The molecule has 0 aromatic heterocycles. The molecule has 1 aliphatic carbocycles. The summed E-state index contributed by atoms with van der Waals surface area (Å²) in [5, 5.41) is 3.00. The van der Waals surface area contributed by atoms with Crippen LogP contribution in [-0.4, -0.2) is 48.6 Å². The Balaban J connectivity index is 2.00. The molecule has 0 atom stereocenters. The first kappa shape index (κ1) is 15.3. The molecule has 1 saturated heterocycles. The van der Waals surface area contributed by atoms with Gasteiger partial charge in [0.05, 0.1) is 6.61 Å². The summed E-state index contributed by atoms with van der Waals surface area (Å²) in [6, 6.07) is 0. The van der Waals surface area contributed by atoms with Gasteiger partial charge in [0.1, 0.15) is 5.54 Å². The van der Waals surface area contributed by atoms with E-state index in [1.54, 1.807) is 0 Å². The molecule has 0 unspecified atom stereocenters. The first-order valence-corrected chi connectivity index (χ1v) is 7.86. The van der Waals surface area contributed by atoms with Crippen LogP contribution >= 0.6 is 0 Å². The Hall–Kier alpha value is -1.10. The molecule has 0 bridgehead atoms. The van der Waals surface area contributed by atoms with Crippen molar-refractivity contribution in [2.45, 2.75) is 57.4 Å². The first-order chi connectivity index (χ1) is 9.68. The Bertz CT molecular complexity index is 351. The van der Waals surface area contributed by atoms with E-state index < -0.39 is 5.54 Å². The predicted octanol–water partition coefficient (Wildman–Crippen LogP) is 1.46. The fourth-order valence-electron chi connectivity index (χ4n) is 3.15. The molecule has 0 aromatic carbocycles. The van der Waals surface area contributed by atoms with Crippen LogP contribution in [0.5, 0.6) is 0 Å². The third kappa shape index (κ3) is 3.51. The Morgan fingerprint density at radius 2 is 1.95 bits per heavy atom. The highest BCUT2D eigenvalue weighted by molar-refractivity contribution is 5.93. The molecule has 1 saturated carbocycles. The van der Waals surface area contributed by atoms with E-state index in [9.17, 15) is 9.59 Å². The second-order valence-corrected chi connectivity index (χ2v) is 5.85. The molecule has 2 aliphatic rings. The van der Waals surface area contributed by atoms with Gasteiger partial charge >= 0.3 is 0 Å². The number of nitrogens with one attached hydrogen (secondary N) is 1. The predicted molar refractivity (Wildman–Crippen MR) is 76.3 cm³/mol. The van der Waals surface area contributed by atoms with Crippen molar-refractivity contribution in [1.82, 2.24) is 10.2 Å². The quantitative estimate of drug-likeness (QED) is 0.777. The number of carbonyl (C=O) groups excluding carboxylic acids is 2. The van der Waals surface area contributed by atoms with Crippen molar-refractivity contribution in [3.63, 3.8) is 0 Å². The Kier molecular flexibility index (Phi) is 5.40. The zero-order chi connectivity index (χ0) is 14.4. The molecular formula is C15H26N2O3. The van der Waals surface area contributed by atoms with E-state index in [0.29, 0.717) is 26.1 Å². The van der Waals surface area contributed by atoms with Crippen molar-refractivity contribution < 1.29 is 14.3 Å². The molecule has 2 fully saturated rings. The summed E-state index contributed by atoms with van der Waals surface area (Å²) >= 11 is 0. The second-order valence-electron chi connectivity index (χ2n) is 5.85. The SMILES string of the molecule is CCCOCCN1CCC(=O)NC2(CCCCC2)C1=O.